The number of aliphatic carboxylic acids is 1. The van der Waals surface area contributed by atoms with Gasteiger partial charge in [0, 0.05) is 13.1 Å². The van der Waals surface area contributed by atoms with E-state index in [9.17, 15) is 9.59 Å². The predicted molar refractivity (Wildman–Crippen MR) is 62.7 cm³/mol. The van der Waals surface area contributed by atoms with Gasteiger partial charge < -0.3 is 14.7 Å². The van der Waals surface area contributed by atoms with Crippen LogP contribution < -0.4 is 0 Å². The molecule has 0 unspecified atom stereocenters. The van der Waals surface area contributed by atoms with Gasteiger partial charge in [-0.15, -0.1) is 0 Å². The highest BCUT2D eigenvalue weighted by Gasteiger charge is 2.39. The lowest BCUT2D eigenvalue weighted by atomic mass is 9.94. The van der Waals surface area contributed by atoms with Crippen molar-refractivity contribution >= 4 is 12.1 Å². The molecular weight excluding hydrogens is 222 g/mol. The Balaban J connectivity index is 2.64. The molecule has 0 aliphatic carbocycles. The van der Waals surface area contributed by atoms with Gasteiger partial charge in [-0.25, -0.2) is 4.79 Å². The summed E-state index contributed by atoms with van der Waals surface area (Å²) in [5.74, 6) is -1.27. The van der Waals surface area contributed by atoms with Crippen LogP contribution in [0.1, 0.15) is 34.1 Å². The van der Waals surface area contributed by atoms with Crippen LogP contribution in [0.2, 0.25) is 0 Å². The maximum Gasteiger partial charge on any atom is 0.410 e. The molecule has 0 aromatic carbocycles. The zero-order valence-corrected chi connectivity index (χ0v) is 10.9. The van der Waals surface area contributed by atoms with Crippen LogP contribution in [-0.4, -0.2) is 40.8 Å². The van der Waals surface area contributed by atoms with E-state index in [1.54, 1.807) is 20.8 Å². The Morgan fingerprint density at radius 3 is 2.29 bits per heavy atom. The second-order valence-electron chi connectivity index (χ2n) is 5.50. The molecule has 1 fully saturated rings. The van der Waals surface area contributed by atoms with Crippen LogP contribution in [0.5, 0.6) is 0 Å². The lowest BCUT2D eigenvalue weighted by molar-refractivity contribution is -0.142. The van der Waals surface area contributed by atoms with Gasteiger partial charge in [0.15, 0.2) is 0 Å². The monoisotopic (exact) mass is 243 g/mol. The van der Waals surface area contributed by atoms with Gasteiger partial charge >= 0.3 is 12.1 Å². The molecule has 98 valence electrons. The van der Waals surface area contributed by atoms with Crippen LogP contribution in [0.25, 0.3) is 0 Å². The first kappa shape index (κ1) is 13.8. The fourth-order valence-electron chi connectivity index (χ4n) is 2.04. The summed E-state index contributed by atoms with van der Waals surface area (Å²) >= 11 is 0. The van der Waals surface area contributed by atoms with Crippen LogP contribution in [0.4, 0.5) is 4.79 Å². The quantitative estimate of drug-likeness (QED) is 0.805. The molecule has 17 heavy (non-hydrogen) atoms. The van der Waals surface area contributed by atoms with Crippen molar-refractivity contribution < 1.29 is 19.4 Å². The van der Waals surface area contributed by atoms with Crippen LogP contribution >= 0.6 is 0 Å². The predicted octanol–water partition coefficient (Wildman–Crippen LogP) is 1.96. The summed E-state index contributed by atoms with van der Waals surface area (Å²) in [6.07, 6.45) is 0.343. The molecule has 0 radical (unpaired) electrons. The van der Waals surface area contributed by atoms with E-state index in [0.717, 1.165) is 6.42 Å². The summed E-state index contributed by atoms with van der Waals surface area (Å²) in [5.41, 5.74) is -0.542. The lowest BCUT2D eigenvalue weighted by Crippen LogP contribution is -2.35. The normalized spacial score (nSPS) is 24.8. The highest BCUT2D eigenvalue weighted by molar-refractivity contribution is 5.74. The van der Waals surface area contributed by atoms with Gasteiger partial charge in [0.25, 0.3) is 0 Å². The van der Waals surface area contributed by atoms with E-state index in [4.69, 9.17) is 9.84 Å². The third-order valence-corrected chi connectivity index (χ3v) is 2.93. The molecular formula is C12H21NO4. The fraction of sp³-hybridized carbons (Fsp3) is 0.833. The van der Waals surface area contributed by atoms with E-state index >= 15 is 0 Å². The van der Waals surface area contributed by atoms with E-state index < -0.39 is 23.6 Å². The molecule has 5 nitrogen and oxygen atoms in total. The number of hydrogen-bond donors (Lipinski definition) is 1. The third kappa shape index (κ3) is 3.61. The standard InChI is InChI=1S/C12H21NO4/c1-5-8-6-13(7-9(8)10(14)15)11(16)17-12(2,3)4/h8-9H,5-7H2,1-4H3,(H,14,15)/t8-,9-/m1/s1. The van der Waals surface area contributed by atoms with Crippen LogP contribution in [0.15, 0.2) is 0 Å². The first-order valence-electron chi connectivity index (χ1n) is 5.95. The number of carbonyl (C=O) groups excluding carboxylic acids is 1. The highest BCUT2D eigenvalue weighted by Crippen LogP contribution is 2.27. The molecule has 0 saturated carbocycles. The smallest absolute Gasteiger partial charge is 0.410 e. The van der Waals surface area contributed by atoms with Gasteiger partial charge in [-0.2, -0.15) is 0 Å². The number of rotatable bonds is 2. The topological polar surface area (TPSA) is 66.8 Å². The molecule has 1 heterocycles. The second kappa shape index (κ2) is 4.94. The number of nitrogens with zero attached hydrogens (tertiary/aromatic N) is 1. The second-order valence-corrected chi connectivity index (χ2v) is 5.50. The molecule has 2 atom stereocenters. The maximum absolute atomic E-state index is 11.8. The number of ether oxygens (including phenoxy) is 1. The first-order chi connectivity index (χ1) is 7.74. The Labute approximate surface area is 102 Å². The third-order valence-electron chi connectivity index (χ3n) is 2.93. The first-order valence-corrected chi connectivity index (χ1v) is 5.95. The summed E-state index contributed by atoms with van der Waals surface area (Å²) in [4.78, 5) is 24.3. The molecule has 1 amide bonds. The van der Waals surface area contributed by atoms with Crippen molar-refractivity contribution in [3.05, 3.63) is 0 Å². The Morgan fingerprint density at radius 1 is 1.35 bits per heavy atom. The number of carboxylic acid groups (broad SMARTS) is 1. The molecule has 1 saturated heterocycles. The van der Waals surface area contributed by atoms with Crippen molar-refractivity contribution in [3.63, 3.8) is 0 Å². The Morgan fingerprint density at radius 2 is 1.94 bits per heavy atom. The average Bonchev–Trinajstić information content (AvgIpc) is 2.58. The molecule has 1 aliphatic rings. The number of carboxylic acids is 1. The van der Waals surface area contributed by atoms with Gasteiger partial charge in [-0.1, -0.05) is 13.3 Å². The lowest BCUT2D eigenvalue weighted by Gasteiger charge is -2.24. The van der Waals surface area contributed by atoms with Crippen LogP contribution in [0.3, 0.4) is 0 Å². The summed E-state index contributed by atoms with van der Waals surface area (Å²) in [6, 6.07) is 0. The summed E-state index contributed by atoms with van der Waals surface area (Å²) in [6.45, 7) is 8.07. The fourth-order valence-corrected chi connectivity index (χ4v) is 2.04. The number of likely N-dealkylation sites (tertiary alicyclic amines) is 1. The van der Waals surface area contributed by atoms with Crippen molar-refractivity contribution in [2.45, 2.75) is 39.7 Å². The number of carbonyl (C=O) groups is 2. The molecule has 1 aliphatic heterocycles. The molecule has 0 aromatic rings. The van der Waals surface area contributed by atoms with E-state index in [-0.39, 0.29) is 12.5 Å². The Bertz CT molecular complexity index is 308. The summed E-state index contributed by atoms with van der Waals surface area (Å²) in [7, 11) is 0. The van der Waals surface area contributed by atoms with Gasteiger partial charge in [0.2, 0.25) is 0 Å². The SMILES string of the molecule is CC[C@@H]1CN(C(=O)OC(C)(C)C)C[C@H]1C(=O)O. The Kier molecular flexibility index (Phi) is 4.01. The molecule has 0 aromatic heterocycles. The number of hydrogen-bond acceptors (Lipinski definition) is 3. The summed E-state index contributed by atoms with van der Waals surface area (Å²) in [5, 5.41) is 9.07. The molecule has 1 N–H and O–H groups in total. The van der Waals surface area contributed by atoms with Crippen LogP contribution in [0, 0.1) is 11.8 Å². The van der Waals surface area contributed by atoms with Crippen molar-refractivity contribution in [1.29, 1.82) is 0 Å². The zero-order chi connectivity index (χ0) is 13.2. The van der Waals surface area contributed by atoms with E-state index in [1.807, 2.05) is 6.92 Å². The van der Waals surface area contributed by atoms with Gasteiger partial charge in [0.05, 0.1) is 5.92 Å². The minimum atomic E-state index is -0.831. The highest BCUT2D eigenvalue weighted by atomic mass is 16.6. The van der Waals surface area contributed by atoms with Crippen molar-refractivity contribution in [1.82, 2.24) is 4.90 Å². The zero-order valence-electron chi connectivity index (χ0n) is 10.9. The minimum absolute atomic E-state index is 0.0278. The average molecular weight is 243 g/mol. The maximum atomic E-state index is 11.8. The minimum Gasteiger partial charge on any atom is -0.481 e. The molecule has 1 rings (SSSR count). The van der Waals surface area contributed by atoms with Crippen LogP contribution in [-0.2, 0) is 9.53 Å². The molecule has 5 heteroatoms. The summed E-state index contributed by atoms with van der Waals surface area (Å²) < 4.78 is 5.24. The van der Waals surface area contributed by atoms with Gasteiger partial charge in [0.1, 0.15) is 5.60 Å². The van der Waals surface area contributed by atoms with Crippen molar-refractivity contribution in [3.8, 4) is 0 Å². The van der Waals surface area contributed by atoms with E-state index in [0.29, 0.717) is 6.54 Å². The van der Waals surface area contributed by atoms with E-state index in [1.165, 1.54) is 4.90 Å². The van der Waals surface area contributed by atoms with Crippen molar-refractivity contribution in [2.75, 3.05) is 13.1 Å². The molecule has 0 bridgehead atoms. The number of amides is 1. The largest absolute Gasteiger partial charge is 0.481 e. The van der Waals surface area contributed by atoms with E-state index in [2.05, 4.69) is 0 Å². The molecule has 0 spiro atoms. The van der Waals surface area contributed by atoms with Crippen molar-refractivity contribution in [2.24, 2.45) is 11.8 Å². The van der Waals surface area contributed by atoms with Gasteiger partial charge in [-0.05, 0) is 26.7 Å². The van der Waals surface area contributed by atoms with Gasteiger partial charge in [-0.3, -0.25) is 4.79 Å². The Hall–Kier alpha value is -1.26.